The highest BCUT2D eigenvalue weighted by molar-refractivity contribution is 6.09. The highest BCUT2D eigenvalue weighted by Crippen LogP contribution is 2.48. The third-order valence-electron chi connectivity index (χ3n) is 5.84. The highest BCUT2D eigenvalue weighted by atomic mass is 16.5. The van der Waals surface area contributed by atoms with Crippen LogP contribution < -0.4 is 15.4 Å². The van der Waals surface area contributed by atoms with Crippen LogP contribution in [0, 0.1) is 5.41 Å². The minimum atomic E-state index is -0.514. The van der Waals surface area contributed by atoms with Crippen molar-refractivity contribution in [1.82, 2.24) is 10.3 Å². The van der Waals surface area contributed by atoms with Crippen molar-refractivity contribution in [1.29, 1.82) is 0 Å². The molecule has 1 atom stereocenters. The number of amides is 1. The molecule has 1 aromatic carbocycles. The SMILES string of the molecule is COc1ccccc1[C@H]1C(C(=O)Nc2ccccn2)=C(C)NC2=C1C(=O)CC(C)(C)C2. The normalized spacial score (nSPS) is 20.1. The number of carbonyl (C=O) groups excluding carboxylic acids is 2. The minimum Gasteiger partial charge on any atom is -0.496 e. The van der Waals surface area contributed by atoms with Crippen LogP contribution in [0.2, 0.25) is 0 Å². The molecule has 2 N–H and O–H groups in total. The van der Waals surface area contributed by atoms with Crippen molar-refractivity contribution in [2.75, 3.05) is 12.4 Å². The zero-order valence-corrected chi connectivity index (χ0v) is 18.3. The molecule has 2 heterocycles. The van der Waals surface area contributed by atoms with E-state index in [2.05, 4.69) is 29.5 Å². The molecule has 0 bridgehead atoms. The Bertz CT molecular complexity index is 1100. The van der Waals surface area contributed by atoms with Gasteiger partial charge in [-0.15, -0.1) is 0 Å². The number of hydrogen-bond donors (Lipinski definition) is 2. The van der Waals surface area contributed by atoms with Crippen molar-refractivity contribution in [3.05, 3.63) is 76.8 Å². The highest BCUT2D eigenvalue weighted by Gasteiger charge is 2.43. The number of para-hydroxylation sites is 1. The number of aromatic nitrogens is 1. The van der Waals surface area contributed by atoms with Crippen molar-refractivity contribution < 1.29 is 14.3 Å². The molecule has 4 rings (SSSR count). The first-order valence-corrected chi connectivity index (χ1v) is 10.4. The lowest BCUT2D eigenvalue weighted by Crippen LogP contribution is -2.39. The molecule has 0 fully saturated rings. The second-order valence-electron chi connectivity index (χ2n) is 8.84. The Morgan fingerprint density at radius 3 is 2.61 bits per heavy atom. The van der Waals surface area contributed by atoms with Gasteiger partial charge in [0.15, 0.2) is 5.78 Å². The van der Waals surface area contributed by atoms with Gasteiger partial charge >= 0.3 is 0 Å². The monoisotopic (exact) mass is 417 g/mol. The summed E-state index contributed by atoms with van der Waals surface area (Å²) in [5.74, 6) is 0.367. The maximum absolute atomic E-state index is 13.4. The number of nitrogens with zero attached hydrogens (tertiary/aromatic N) is 1. The maximum Gasteiger partial charge on any atom is 0.255 e. The number of ketones is 1. The molecule has 1 aliphatic carbocycles. The molecule has 160 valence electrons. The van der Waals surface area contributed by atoms with Gasteiger partial charge in [0.05, 0.1) is 13.0 Å². The molecule has 1 amide bonds. The average molecular weight is 418 g/mol. The Kier molecular flexibility index (Phi) is 5.39. The van der Waals surface area contributed by atoms with E-state index >= 15 is 0 Å². The minimum absolute atomic E-state index is 0.0605. The van der Waals surface area contributed by atoms with E-state index in [1.165, 1.54) is 0 Å². The topological polar surface area (TPSA) is 80.3 Å². The summed E-state index contributed by atoms with van der Waals surface area (Å²) in [4.78, 5) is 31.0. The third-order valence-corrected chi connectivity index (χ3v) is 5.84. The van der Waals surface area contributed by atoms with Crippen molar-refractivity contribution in [3.8, 4) is 5.75 Å². The molecule has 2 aliphatic rings. The number of allylic oxidation sites excluding steroid dienone is 3. The lowest BCUT2D eigenvalue weighted by molar-refractivity contribution is -0.118. The number of carbonyl (C=O) groups is 2. The standard InChI is InChI=1S/C25H27N3O3/c1-15-21(24(30)28-20-11-7-8-12-26-20)22(16-9-5-6-10-19(16)31-4)23-17(27-15)13-25(2,3)14-18(23)29/h5-12,22,27H,13-14H2,1-4H3,(H,26,28,30)/t22-/m0/s1. The molecule has 6 heteroatoms. The fraction of sp³-hybridized carbons (Fsp3) is 0.320. The lowest BCUT2D eigenvalue weighted by atomic mass is 9.68. The third kappa shape index (κ3) is 3.98. The smallest absolute Gasteiger partial charge is 0.255 e. The average Bonchev–Trinajstić information content (AvgIpc) is 2.72. The Morgan fingerprint density at radius 2 is 1.90 bits per heavy atom. The first kappa shape index (κ1) is 20.8. The van der Waals surface area contributed by atoms with Crippen LogP contribution in [0.25, 0.3) is 0 Å². The summed E-state index contributed by atoms with van der Waals surface area (Å²) in [5, 5.41) is 6.26. The van der Waals surface area contributed by atoms with Crippen LogP contribution in [0.15, 0.2) is 71.2 Å². The molecule has 0 unspecified atom stereocenters. The molecular weight excluding hydrogens is 390 g/mol. The fourth-order valence-corrected chi connectivity index (χ4v) is 4.57. The number of Topliss-reactive ketones (excluding diaryl/α,β-unsaturated/α-hetero) is 1. The van der Waals surface area contributed by atoms with Gasteiger partial charge in [-0.25, -0.2) is 4.98 Å². The van der Waals surface area contributed by atoms with Gasteiger partial charge in [-0.1, -0.05) is 38.1 Å². The molecule has 0 spiro atoms. The van der Waals surface area contributed by atoms with Gasteiger partial charge in [0, 0.05) is 40.7 Å². The van der Waals surface area contributed by atoms with Crippen LogP contribution in [-0.4, -0.2) is 23.8 Å². The molecule has 0 saturated carbocycles. The van der Waals surface area contributed by atoms with Crippen molar-refractivity contribution in [3.63, 3.8) is 0 Å². The summed E-state index contributed by atoms with van der Waals surface area (Å²) < 4.78 is 5.62. The molecule has 2 aromatic rings. The molecule has 6 nitrogen and oxygen atoms in total. The molecule has 1 aliphatic heterocycles. The van der Waals surface area contributed by atoms with Gasteiger partial charge in [0.2, 0.25) is 0 Å². The maximum atomic E-state index is 13.4. The summed E-state index contributed by atoms with van der Waals surface area (Å²) in [6.07, 6.45) is 2.81. The summed E-state index contributed by atoms with van der Waals surface area (Å²) in [5.41, 5.74) is 3.44. The van der Waals surface area contributed by atoms with Crippen LogP contribution in [0.3, 0.4) is 0 Å². The molecule has 0 radical (unpaired) electrons. The van der Waals surface area contributed by atoms with Crippen LogP contribution in [0.5, 0.6) is 5.75 Å². The van der Waals surface area contributed by atoms with Crippen LogP contribution in [0.4, 0.5) is 5.82 Å². The van der Waals surface area contributed by atoms with E-state index in [4.69, 9.17) is 4.74 Å². The summed E-state index contributed by atoms with van der Waals surface area (Å²) in [6, 6.07) is 12.9. The largest absolute Gasteiger partial charge is 0.496 e. The lowest BCUT2D eigenvalue weighted by Gasteiger charge is -2.39. The number of rotatable bonds is 4. The van der Waals surface area contributed by atoms with E-state index in [9.17, 15) is 9.59 Å². The van der Waals surface area contributed by atoms with Gasteiger partial charge < -0.3 is 15.4 Å². The van der Waals surface area contributed by atoms with Crippen LogP contribution >= 0.6 is 0 Å². The number of pyridine rings is 1. The summed E-state index contributed by atoms with van der Waals surface area (Å²) in [6.45, 7) is 6.07. The van der Waals surface area contributed by atoms with Crippen LogP contribution in [0.1, 0.15) is 45.1 Å². The van der Waals surface area contributed by atoms with Crippen molar-refractivity contribution >= 4 is 17.5 Å². The van der Waals surface area contributed by atoms with Gasteiger partial charge in [0.25, 0.3) is 5.91 Å². The van der Waals surface area contributed by atoms with Gasteiger partial charge in [-0.05, 0) is 37.0 Å². The second kappa shape index (κ2) is 8.02. The number of hydrogen-bond acceptors (Lipinski definition) is 5. The number of nitrogens with one attached hydrogen (secondary N) is 2. The Labute approximate surface area is 182 Å². The van der Waals surface area contributed by atoms with Gasteiger partial charge in [-0.3, -0.25) is 9.59 Å². The molecule has 0 saturated heterocycles. The first-order valence-electron chi connectivity index (χ1n) is 10.4. The van der Waals surface area contributed by atoms with E-state index in [1.807, 2.05) is 37.3 Å². The second-order valence-corrected chi connectivity index (χ2v) is 8.84. The Hall–Kier alpha value is -3.41. The number of dihydropyridines is 1. The van der Waals surface area contributed by atoms with Crippen LogP contribution in [-0.2, 0) is 9.59 Å². The number of methoxy groups -OCH3 is 1. The number of benzene rings is 1. The predicted octanol–water partition coefficient (Wildman–Crippen LogP) is 4.33. The number of ether oxygens (including phenoxy) is 1. The van der Waals surface area contributed by atoms with E-state index in [1.54, 1.807) is 25.4 Å². The Balaban J connectivity index is 1.85. The molecular formula is C25H27N3O3. The zero-order chi connectivity index (χ0) is 22.2. The number of anilines is 1. The first-order chi connectivity index (χ1) is 14.8. The summed E-state index contributed by atoms with van der Waals surface area (Å²) in [7, 11) is 1.60. The van der Waals surface area contributed by atoms with E-state index in [0.717, 1.165) is 23.4 Å². The van der Waals surface area contributed by atoms with Gasteiger partial charge in [0.1, 0.15) is 11.6 Å². The molecule has 1 aromatic heterocycles. The molecule has 31 heavy (non-hydrogen) atoms. The summed E-state index contributed by atoms with van der Waals surface area (Å²) >= 11 is 0. The quantitative estimate of drug-likeness (QED) is 0.774. The van der Waals surface area contributed by atoms with E-state index in [0.29, 0.717) is 29.1 Å². The van der Waals surface area contributed by atoms with Gasteiger partial charge in [-0.2, -0.15) is 0 Å². The van der Waals surface area contributed by atoms with Crippen molar-refractivity contribution in [2.24, 2.45) is 5.41 Å². The van der Waals surface area contributed by atoms with Crippen molar-refractivity contribution in [2.45, 2.75) is 39.5 Å². The zero-order valence-electron chi connectivity index (χ0n) is 18.3. The van der Waals surface area contributed by atoms with E-state index < -0.39 is 5.92 Å². The van der Waals surface area contributed by atoms with E-state index in [-0.39, 0.29) is 17.1 Å². The Morgan fingerprint density at radius 1 is 1.16 bits per heavy atom. The predicted molar refractivity (Wildman–Crippen MR) is 119 cm³/mol. The fourth-order valence-electron chi connectivity index (χ4n) is 4.57.